The van der Waals surface area contributed by atoms with Crippen molar-refractivity contribution in [3.05, 3.63) is 75.5 Å². The zero-order chi connectivity index (χ0) is 12.7. The molecule has 2 aromatic carbocycles. The Morgan fingerprint density at radius 1 is 0.833 bits per heavy atom. The number of Topliss-reactive ketones (excluding diaryl/α,β-unsaturated/α-hetero) is 1. The zero-order valence-corrected chi connectivity index (χ0v) is 10.9. The molecule has 0 heterocycles. The predicted octanol–water partition coefficient (Wildman–Crippen LogP) is 4.18. The highest BCUT2D eigenvalue weighted by Gasteiger charge is 2.29. The second-order valence-corrected chi connectivity index (χ2v) is 4.84. The predicted molar refractivity (Wildman–Crippen MR) is 72.1 cm³/mol. The number of benzene rings is 2. The summed E-state index contributed by atoms with van der Waals surface area (Å²) < 4.78 is 14.3. The van der Waals surface area contributed by atoms with E-state index in [2.05, 4.69) is 15.9 Å². The minimum atomic E-state index is -0.325. The summed E-state index contributed by atoms with van der Waals surface area (Å²) in [4.78, 5) is 12.1. The molecule has 0 N–H and O–H groups in total. The summed E-state index contributed by atoms with van der Waals surface area (Å²) in [6.45, 7) is 0. The highest BCUT2D eigenvalue weighted by Crippen LogP contribution is 2.40. The van der Waals surface area contributed by atoms with E-state index in [4.69, 9.17) is 0 Å². The van der Waals surface area contributed by atoms with Crippen molar-refractivity contribution in [3.63, 3.8) is 0 Å². The van der Waals surface area contributed by atoms with E-state index in [1.807, 2.05) is 12.1 Å². The molecule has 0 bridgehead atoms. The molecule has 0 unspecified atom stereocenters. The summed E-state index contributed by atoms with van der Waals surface area (Å²) in [5, 5.41) is 0. The quantitative estimate of drug-likeness (QED) is 0.772. The van der Waals surface area contributed by atoms with Gasteiger partial charge < -0.3 is 0 Å². The molecule has 1 nitrogen and oxygen atoms in total. The number of hydrogen-bond acceptors (Lipinski definition) is 1. The summed E-state index contributed by atoms with van der Waals surface area (Å²) in [6.07, 6.45) is 0. The second-order valence-electron chi connectivity index (χ2n) is 4.04. The van der Waals surface area contributed by atoms with Crippen molar-refractivity contribution in [2.45, 2.75) is 0 Å². The van der Waals surface area contributed by atoms with E-state index in [9.17, 15) is 9.18 Å². The molecule has 1 aliphatic rings. The first-order chi connectivity index (χ1) is 8.70. The zero-order valence-electron chi connectivity index (χ0n) is 9.28. The van der Waals surface area contributed by atoms with E-state index in [-0.39, 0.29) is 11.6 Å². The standard InChI is InChI=1S/C15H8BrFO/c16-14-13(11-7-3-4-8-12(11)17)9-5-1-2-6-10(9)15(14)18/h1-8H. The van der Waals surface area contributed by atoms with Crippen LogP contribution in [-0.4, -0.2) is 5.78 Å². The molecule has 0 amide bonds. The number of carbonyl (C=O) groups is 1. The third-order valence-electron chi connectivity index (χ3n) is 3.00. The molecule has 3 heteroatoms. The van der Waals surface area contributed by atoms with Crippen LogP contribution >= 0.6 is 15.9 Å². The van der Waals surface area contributed by atoms with Crippen LogP contribution in [0, 0.1) is 5.82 Å². The van der Waals surface area contributed by atoms with Crippen LogP contribution in [0.5, 0.6) is 0 Å². The molecule has 2 aromatic rings. The molecule has 1 aliphatic carbocycles. The van der Waals surface area contributed by atoms with E-state index in [0.717, 1.165) is 5.56 Å². The summed E-state index contributed by atoms with van der Waals surface area (Å²) >= 11 is 3.29. The lowest BCUT2D eigenvalue weighted by atomic mass is 9.99. The van der Waals surface area contributed by atoms with E-state index < -0.39 is 0 Å². The first kappa shape index (κ1) is 11.4. The monoisotopic (exact) mass is 302 g/mol. The van der Waals surface area contributed by atoms with Crippen LogP contribution < -0.4 is 0 Å². The fraction of sp³-hybridized carbons (Fsp3) is 0. The first-order valence-corrected chi connectivity index (χ1v) is 6.28. The highest BCUT2D eigenvalue weighted by atomic mass is 79.9. The topological polar surface area (TPSA) is 17.1 Å². The fourth-order valence-corrected chi connectivity index (χ4v) is 2.82. The lowest BCUT2D eigenvalue weighted by Gasteiger charge is -2.06. The van der Waals surface area contributed by atoms with Gasteiger partial charge in [-0.3, -0.25) is 4.79 Å². The molecule has 0 aliphatic heterocycles. The lowest BCUT2D eigenvalue weighted by molar-refractivity contribution is 0.104. The van der Waals surface area contributed by atoms with Gasteiger partial charge in [-0.1, -0.05) is 42.5 Å². The van der Waals surface area contributed by atoms with Crippen LogP contribution in [-0.2, 0) is 0 Å². The van der Waals surface area contributed by atoms with E-state index in [1.165, 1.54) is 6.07 Å². The largest absolute Gasteiger partial charge is 0.288 e. The molecule has 0 saturated carbocycles. The van der Waals surface area contributed by atoms with E-state index in [0.29, 0.717) is 21.2 Å². The van der Waals surface area contributed by atoms with Crippen molar-refractivity contribution in [2.24, 2.45) is 0 Å². The van der Waals surface area contributed by atoms with Gasteiger partial charge in [0.05, 0.1) is 4.48 Å². The number of ketones is 1. The van der Waals surface area contributed by atoms with Gasteiger partial charge >= 0.3 is 0 Å². The van der Waals surface area contributed by atoms with Crippen LogP contribution in [0.4, 0.5) is 4.39 Å². The third-order valence-corrected chi connectivity index (χ3v) is 3.76. The Labute approximate surface area is 112 Å². The number of halogens is 2. The van der Waals surface area contributed by atoms with Gasteiger partial charge in [0.2, 0.25) is 5.78 Å². The number of allylic oxidation sites excluding steroid dienone is 1. The third kappa shape index (κ3) is 1.55. The second kappa shape index (κ2) is 4.18. The normalized spacial score (nSPS) is 14.0. The van der Waals surface area contributed by atoms with Gasteiger partial charge in [0.15, 0.2) is 0 Å². The number of carbonyl (C=O) groups excluding carboxylic acids is 1. The number of hydrogen-bond donors (Lipinski definition) is 0. The Morgan fingerprint density at radius 2 is 1.39 bits per heavy atom. The lowest BCUT2D eigenvalue weighted by Crippen LogP contribution is -1.92. The van der Waals surface area contributed by atoms with Gasteiger partial charge in [0.1, 0.15) is 5.82 Å². The molecular formula is C15H8BrFO. The van der Waals surface area contributed by atoms with Crippen LogP contribution in [0.25, 0.3) is 5.57 Å². The molecular weight excluding hydrogens is 295 g/mol. The first-order valence-electron chi connectivity index (χ1n) is 5.49. The SMILES string of the molecule is O=C1C(Br)=C(c2ccccc2F)c2ccccc21. The number of fused-ring (bicyclic) bond motifs is 1. The van der Waals surface area contributed by atoms with Crippen molar-refractivity contribution >= 4 is 27.3 Å². The molecule has 88 valence electrons. The number of rotatable bonds is 1. The maximum absolute atomic E-state index is 13.9. The maximum atomic E-state index is 13.9. The van der Waals surface area contributed by atoms with Gasteiger partial charge in [0, 0.05) is 16.7 Å². The Kier molecular flexibility index (Phi) is 2.63. The van der Waals surface area contributed by atoms with Gasteiger partial charge in [-0.15, -0.1) is 0 Å². The Balaban J connectivity index is 2.30. The van der Waals surface area contributed by atoms with Crippen LogP contribution in [0.15, 0.2) is 53.0 Å². The van der Waals surface area contributed by atoms with Crippen LogP contribution in [0.1, 0.15) is 21.5 Å². The summed E-state index contributed by atoms with van der Waals surface area (Å²) in [5.41, 5.74) is 2.47. The average molecular weight is 303 g/mol. The van der Waals surface area contributed by atoms with Crippen molar-refractivity contribution in [2.75, 3.05) is 0 Å². The fourth-order valence-electron chi connectivity index (χ4n) is 2.18. The Hall–Kier alpha value is -1.74. The van der Waals surface area contributed by atoms with Crippen molar-refractivity contribution < 1.29 is 9.18 Å². The summed E-state index contributed by atoms with van der Waals surface area (Å²) in [6, 6.07) is 13.7. The van der Waals surface area contributed by atoms with Crippen molar-refractivity contribution in [1.29, 1.82) is 0 Å². The Bertz CT molecular complexity index is 688. The molecule has 0 fully saturated rings. The molecule has 0 saturated heterocycles. The van der Waals surface area contributed by atoms with Gasteiger partial charge in [0.25, 0.3) is 0 Å². The van der Waals surface area contributed by atoms with E-state index in [1.54, 1.807) is 30.3 Å². The smallest absolute Gasteiger partial charge is 0.201 e. The molecule has 3 rings (SSSR count). The molecule has 18 heavy (non-hydrogen) atoms. The highest BCUT2D eigenvalue weighted by molar-refractivity contribution is 9.12. The van der Waals surface area contributed by atoms with Gasteiger partial charge in [-0.05, 0) is 27.6 Å². The van der Waals surface area contributed by atoms with Crippen LogP contribution in [0.3, 0.4) is 0 Å². The minimum Gasteiger partial charge on any atom is -0.288 e. The van der Waals surface area contributed by atoms with Crippen molar-refractivity contribution in [1.82, 2.24) is 0 Å². The van der Waals surface area contributed by atoms with Crippen LogP contribution in [0.2, 0.25) is 0 Å². The average Bonchev–Trinajstić information content (AvgIpc) is 2.64. The Morgan fingerprint density at radius 3 is 2.06 bits per heavy atom. The minimum absolute atomic E-state index is 0.0937. The molecule has 0 aromatic heterocycles. The summed E-state index contributed by atoms with van der Waals surface area (Å²) in [5.74, 6) is -0.419. The summed E-state index contributed by atoms with van der Waals surface area (Å²) in [7, 11) is 0. The van der Waals surface area contributed by atoms with Gasteiger partial charge in [-0.2, -0.15) is 0 Å². The molecule has 0 radical (unpaired) electrons. The maximum Gasteiger partial charge on any atom is 0.201 e. The van der Waals surface area contributed by atoms with E-state index >= 15 is 0 Å². The van der Waals surface area contributed by atoms with Crippen molar-refractivity contribution in [3.8, 4) is 0 Å². The van der Waals surface area contributed by atoms with Gasteiger partial charge in [-0.25, -0.2) is 4.39 Å². The molecule has 0 spiro atoms. The molecule has 0 atom stereocenters.